The highest BCUT2D eigenvalue weighted by molar-refractivity contribution is 5.94. The summed E-state index contributed by atoms with van der Waals surface area (Å²) in [5.41, 5.74) is 1.79. The Balaban J connectivity index is 1.41. The lowest BCUT2D eigenvalue weighted by molar-refractivity contribution is 0.0745. The summed E-state index contributed by atoms with van der Waals surface area (Å²) >= 11 is 0. The number of hydrogen-bond donors (Lipinski definition) is 0. The van der Waals surface area contributed by atoms with Crippen LogP contribution in [0.2, 0.25) is 0 Å². The van der Waals surface area contributed by atoms with Gasteiger partial charge in [-0.25, -0.2) is 0 Å². The fourth-order valence-electron chi connectivity index (χ4n) is 3.75. The maximum absolute atomic E-state index is 12.9. The molecule has 3 aromatic rings. The number of carbonyl (C=O) groups is 1. The minimum absolute atomic E-state index is 0.0253. The van der Waals surface area contributed by atoms with Crippen LogP contribution in [0, 0.1) is 11.3 Å². The van der Waals surface area contributed by atoms with E-state index < -0.39 is 0 Å². The van der Waals surface area contributed by atoms with E-state index in [9.17, 15) is 10.1 Å². The van der Waals surface area contributed by atoms with E-state index in [0.29, 0.717) is 50.1 Å². The van der Waals surface area contributed by atoms with Crippen LogP contribution >= 0.6 is 0 Å². The zero-order valence-electron chi connectivity index (χ0n) is 19.2. The Bertz CT molecular complexity index is 1200. The second kappa shape index (κ2) is 10.6. The van der Waals surface area contributed by atoms with Crippen molar-refractivity contribution in [2.45, 2.75) is 6.92 Å². The van der Waals surface area contributed by atoms with Crippen LogP contribution in [0.1, 0.15) is 34.4 Å². The van der Waals surface area contributed by atoms with Gasteiger partial charge in [-0.1, -0.05) is 12.1 Å². The molecule has 0 N–H and O–H groups in total. The maximum atomic E-state index is 12.9. The number of nitrogens with zero attached hydrogens (tertiary/aromatic N) is 4. The number of piperazine rings is 1. The van der Waals surface area contributed by atoms with Crippen LogP contribution < -0.4 is 14.4 Å². The number of ether oxygens (including phenoxy) is 2. The first kappa shape index (κ1) is 22.9. The van der Waals surface area contributed by atoms with Crippen molar-refractivity contribution in [3.05, 3.63) is 71.2 Å². The van der Waals surface area contributed by atoms with Crippen molar-refractivity contribution in [3.63, 3.8) is 0 Å². The minimum Gasteiger partial charge on any atom is -0.497 e. The van der Waals surface area contributed by atoms with Crippen molar-refractivity contribution in [1.82, 2.24) is 9.88 Å². The van der Waals surface area contributed by atoms with Gasteiger partial charge < -0.3 is 23.7 Å². The fraction of sp³-hybridized carbons (Fsp3) is 0.269. The number of carbonyl (C=O) groups excluding carboxylic acids is 1. The van der Waals surface area contributed by atoms with Crippen LogP contribution in [-0.4, -0.2) is 55.7 Å². The molecular formula is C26H26N4O4. The van der Waals surface area contributed by atoms with Gasteiger partial charge in [-0.3, -0.25) is 4.79 Å². The number of amides is 1. The molecule has 0 unspecified atom stereocenters. The van der Waals surface area contributed by atoms with E-state index in [0.717, 1.165) is 17.1 Å². The zero-order valence-corrected chi connectivity index (χ0v) is 19.2. The molecule has 174 valence electrons. The van der Waals surface area contributed by atoms with Crippen molar-refractivity contribution in [2.24, 2.45) is 0 Å². The molecule has 8 heteroatoms. The van der Waals surface area contributed by atoms with Gasteiger partial charge >= 0.3 is 0 Å². The minimum atomic E-state index is -0.0253. The van der Waals surface area contributed by atoms with Gasteiger partial charge in [0.1, 0.15) is 17.6 Å². The van der Waals surface area contributed by atoms with Crippen LogP contribution in [0.15, 0.2) is 52.9 Å². The molecule has 1 aliphatic rings. The number of methoxy groups -OCH3 is 1. The van der Waals surface area contributed by atoms with Crippen LogP contribution in [0.3, 0.4) is 0 Å². The molecule has 0 radical (unpaired) electrons. The first-order valence-corrected chi connectivity index (χ1v) is 11.1. The second-order valence-electron chi connectivity index (χ2n) is 7.66. The van der Waals surface area contributed by atoms with Crippen molar-refractivity contribution in [1.29, 1.82) is 5.26 Å². The van der Waals surface area contributed by atoms with Crippen molar-refractivity contribution in [3.8, 4) is 17.6 Å². The summed E-state index contributed by atoms with van der Waals surface area (Å²) in [5.74, 6) is 2.26. The van der Waals surface area contributed by atoms with Crippen LogP contribution in [0.25, 0.3) is 12.2 Å². The molecule has 8 nitrogen and oxygen atoms in total. The van der Waals surface area contributed by atoms with Crippen molar-refractivity contribution >= 4 is 23.9 Å². The largest absolute Gasteiger partial charge is 0.497 e. The van der Waals surface area contributed by atoms with E-state index >= 15 is 0 Å². The molecule has 1 amide bonds. The Morgan fingerprint density at radius 3 is 2.56 bits per heavy atom. The fourth-order valence-corrected chi connectivity index (χ4v) is 3.75. The molecule has 1 fully saturated rings. The SMILES string of the molecule is CCOc1ccc(C(=O)N2CCN(c3oc(/C=C/c4cccc(OC)c4)nc3C#N)CC2)cc1. The first-order valence-electron chi connectivity index (χ1n) is 11.1. The molecule has 0 atom stereocenters. The summed E-state index contributed by atoms with van der Waals surface area (Å²) < 4.78 is 16.6. The number of nitriles is 1. The average molecular weight is 459 g/mol. The Morgan fingerprint density at radius 1 is 1.12 bits per heavy atom. The standard InChI is InChI=1S/C26H26N4O4/c1-3-33-21-10-8-20(9-11-21)25(31)29-13-15-30(16-14-29)26-23(18-27)28-24(34-26)12-7-19-5-4-6-22(17-19)32-2/h4-12,17H,3,13-16H2,1-2H3/b12-7+. The van der Waals surface area contributed by atoms with Crippen molar-refractivity contribution in [2.75, 3.05) is 44.8 Å². The molecule has 2 heterocycles. The van der Waals surface area contributed by atoms with E-state index in [1.54, 1.807) is 42.4 Å². The Hall–Kier alpha value is -4.25. The number of benzene rings is 2. The third-order valence-electron chi connectivity index (χ3n) is 5.51. The highest BCUT2D eigenvalue weighted by atomic mass is 16.5. The van der Waals surface area contributed by atoms with E-state index in [4.69, 9.17) is 13.9 Å². The molecule has 1 aliphatic heterocycles. The summed E-state index contributed by atoms with van der Waals surface area (Å²) in [7, 11) is 1.62. The third-order valence-corrected chi connectivity index (χ3v) is 5.51. The number of oxazole rings is 1. The first-order chi connectivity index (χ1) is 16.6. The van der Waals surface area contributed by atoms with Gasteiger partial charge in [0.05, 0.1) is 13.7 Å². The molecule has 0 bridgehead atoms. The maximum Gasteiger partial charge on any atom is 0.253 e. The average Bonchev–Trinajstić information content (AvgIpc) is 3.31. The number of rotatable bonds is 7. The third kappa shape index (κ3) is 5.21. The van der Waals surface area contributed by atoms with Crippen LogP contribution in [0.5, 0.6) is 11.5 Å². The highest BCUT2D eigenvalue weighted by Crippen LogP contribution is 2.25. The quantitative estimate of drug-likeness (QED) is 0.527. The lowest BCUT2D eigenvalue weighted by atomic mass is 10.1. The smallest absolute Gasteiger partial charge is 0.253 e. The molecule has 0 spiro atoms. The summed E-state index contributed by atoms with van der Waals surface area (Å²) in [5, 5.41) is 9.55. The number of aromatic nitrogens is 1. The predicted octanol–water partition coefficient (Wildman–Crippen LogP) is 4.09. The monoisotopic (exact) mass is 458 g/mol. The highest BCUT2D eigenvalue weighted by Gasteiger charge is 2.26. The Morgan fingerprint density at radius 2 is 1.88 bits per heavy atom. The molecule has 2 aromatic carbocycles. The van der Waals surface area contributed by atoms with Gasteiger partial charge in [0.2, 0.25) is 17.5 Å². The summed E-state index contributed by atoms with van der Waals surface area (Å²) in [6.45, 7) is 4.64. The molecule has 1 aromatic heterocycles. The van der Waals surface area contributed by atoms with Gasteiger partial charge in [-0.2, -0.15) is 10.2 Å². The normalized spacial score (nSPS) is 13.7. The summed E-state index contributed by atoms with van der Waals surface area (Å²) in [6, 6.07) is 16.9. The van der Waals surface area contributed by atoms with E-state index in [2.05, 4.69) is 11.1 Å². The second-order valence-corrected chi connectivity index (χ2v) is 7.66. The lowest BCUT2D eigenvalue weighted by Gasteiger charge is -2.34. The van der Waals surface area contributed by atoms with Crippen LogP contribution in [-0.2, 0) is 0 Å². The molecule has 34 heavy (non-hydrogen) atoms. The number of anilines is 1. The van der Waals surface area contributed by atoms with Gasteiger partial charge in [-0.15, -0.1) is 0 Å². The van der Waals surface area contributed by atoms with Gasteiger partial charge in [0.25, 0.3) is 5.91 Å². The molecule has 1 saturated heterocycles. The van der Waals surface area contributed by atoms with Gasteiger partial charge in [0.15, 0.2) is 0 Å². The molecule has 0 aliphatic carbocycles. The Kier molecular flexibility index (Phi) is 7.13. The summed E-state index contributed by atoms with van der Waals surface area (Å²) in [6.07, 6.45) is 3.58. The molecule has 4 rings (SSSR count). The predicted molar refractivity (Wildman–Crippen MR) is 129 cm³/mol. The van der Waals surface area contributed by atoms with E-state index in [1.165, 1.54) is 0 Å². The molecule has 0 saturated carbocycles. The lowest BCUT2D eigenvalue weighted by Crippen LogP contribution is -2.48. The van der Waals surface area contributed by atoms with Crippen molar-refractivity contribution < 1.29 is 18.7 Å². The van der Waals surface area contributed by atoms with E-state index in [-0.39, 0.29) is 11.6 Å². The number of hydrogen-bond acceptors (Lipinski definition) is 7. The molecular weight excluding hydrogens is 432 g/mol. The van der Waals surface area contributed by atoms with Gasteiger partial charge in [-0.05, 0) is 55.0 Å². The van der Waals surface area contributed by atoms with E-state index in [1.807, 2.05) is 42.2 Å². The summed E-state index contributed by atoms with van der Waals surface area (Å²) in [4.78, 5) is 20.9. The Labute approximate surface area is 198 Å². The van der Waals surface area contributed by atoms with Crippen LogP contribution in [0.4, 0.5) is 5.88 Å². The van der Waals surface area contributed by atoms with Gasteiger partial charge in [0, 0.05) is 37.8 Å². The topological polar surface area (TPSA) is 91.8 Å². The zero-order chi connectivity index (χ0) is 23.9.